The molecule has 2 N–H and O–H groups in total. The van der Waals surface area contributed by atoms with Crippen molar-refractivity contribution in [3.8, 4) is 0 Å². The molecule has 2 saturated heterocycles. The number of hydrogen-bond acceptors (Lipinski definition) is 10. The van der Waals surface area contributed by atoms with E-state index in [9.17, 15) is 17.6 Å². The van der Waals surface area contributed by atoms with Crippen molar-refractivity contribution in [1.82, 2.24) is 20.3 Å². The van der Waals surface area contributed by atoms with Crippen molar-refractivity contribution in [2.45, 2.75) is 18.8 Å². The summed E-state index contributed by atoms with van der Waals surface area (Å²) < 4.78 is 66.3. The summed E-state index contributed by atoms with van der Waals surface area (Å²) in [5, 5.41) is 14.0. The standard InChI is InChI=1S/C25H26F4N8O2/c26-21-14-32-24(35-23(21)37-6-9-38-10-7-37)36-33-13-17-1-2-18(12-31-17)34-16-3-4-19(20(11-16)25(27,28)29)22-15-30-5-8-39-22/h1-4,11-12,14,22,30,34H,5-10,13,15H2. The first-order valence-electron chi connectivity index (χ1n) is 12.3. The van der Waals surface area contributed by atoms with Crippen molar-refractivity contribution in [3.63, 3.8) is 0 Å². The van der Waals surface area contributed by atoms with Gasteiger partial charge in [0.25, 0.3) is 5.95 Å². The smallest absolute Gasteiger partial charge is 0.378 e. The molecule has 2 aliphatic heterocycles. The van der Waals surface area contributed by atoms with Crippen LogP contribution in [0.5, 0.6) is 0 Å². The van der Waals surface area contributed by atoms with Gasteiger partial charge in [-0.3, -0.25) is 4.98 Å². The molecule has 206 valence electrons. The molecule has 39 heavy (non-hydrogen) atoms. The maximum absolute atomic E-state index is 14.2. The first kappa shape index (κ1) is 26.8. The van der Waals surface area contributed by atoms with Crippen LogP contribution in [0.2, 0.25) is 0 Å². The normalized spacial score (nSPS) is 18.5. The molecule has 2 fully saturated rings. The van der Waals surface area contributed by atoms with Gasteiger partial charge in [0.2, 0.25) is 0 Å². The minimum Gasteiger partial charge on any atom is -0.378 e. The van der Waals surface area contributed by atoms with Crippen LogP contribution in [0.15, 0.2) is 53.0 Å². The molecule has 2 aromatic heterocycles. The number of halogens is 4. The van der Waals surface area contributed by atoms with E-state index in [0.29, 0.717) is 57.4 Å². The molecule has 1 atom stereocenters. The Hall–Kier alpha value is -3.75. The second-order valence-electron chi connectivity index (χ2n) is 8.87. The van der Waals surface area contributed by atoms with Crippen molar-refractivity contribution < 1.29 is 27.0 Å². The number of pyridine rings is 1. The summed E-state index contributed by atoms with van der Waals surface area (Å²) in [5.41, 5.74) is 0.693. The van der Waals surface area contributed by atoms with Gasteiger partial charge >= 0.3 is 6.18 Å². The summed E-state index contributed by atoms with van der Waals surface area (Å²) >= 11 is 0. The molecule has 1 unspecified atom stereocenters. The molecular weight excluding hydrogens is 520 g/mol. The summed E-state index contributed by atoms with van der Waals surface area (Å²) in [6.07, 6.45) is -2.64. The molecule has 10 nitrogen and oxygen atoms in total. The van der Waals surface area contributed by atoms with Crippen LogP contribution in [-0.2, 0) is 22.2 Å². The molecule has 0 saturated carbocycles. The zero-order valence-electron chi connectivity index (χ0n) is 20.8. The number of anilines is 3. The number of benzene rings is 1. The SMILES string of the molecule is Fc1cnc(N=NCc2ccc(Nc3ccc(C4CNCCO4)c(C(F)(F)F)c3)cn2)nc1N1CCOCC1. The number of rotatable bonds is 7. The lowest BCUT2D eigenvalue weighted by atomic mass is 10.00. The van der Waals surface area contributed by atoms with Gasteiger partial charge in [-0.25, -0.2) is 9.37 Å². The van der Waals surface area contributed by atoms with Crippen LogP contribution in [0, 0.1) is 5.82 Å². The van der Waals surface area contributed by atoms with E-state index in [4.69, 9.17) is 9.47 Å². The number of aromatic nitrogens is 3. The van der Waals surface area contributed by atoms with E-state index < -0.39 is 23.7 Å². The van der Waals surface area contributed by atoms with Crippen molar-refractivity contribution in [2.75, 3.05) is 56.2 Å². The fourth-order valence-electron chi connectivity index (χ4n) is 4.25. The van der Waals surface area contributed by atoms with Gasteiger partial charge < -0.3 is 25.0 Å². The molecule has 0 radical (unpaired) electrons. The van der Waals surface area contributed by atoms with Crippen molar-refractivity contribution >= 4 is 23.1 Å². The lowest BCUT2D eigenvalue weighted by Crippen LogP contribution is -2.37. The molecule has 0 amide bonds. The average molecular weight is 547 g/mol. The van der Waals surface area contributed by atoms with Gasteiger partial charge in [-0.05, 0) is 29.8 Å². The second-order valence-corrected chi connectivity index (χ2v) is 8.87. The quantitative estimate of drug-likeness (QED) is 0.328. The predicted octanol–water partition coefficient (Wildman–Crippen LogP) is 4.55. The molecule has 0 bridgehead atoms. The molecule has 0 aliphatic carbocycles. The second kappa shape index (κ2) is 12.0. The lowest BCUT2D eigenvalue weighted by Gasteiger charge is -2.27. The molecule has 3 aromatic rings. The van der Waals surface area contributed by atoms with Gasteiger partial charge in [-0.2, -0.15) is 23.3 Å². The van der Waals surface area contributed by atoms with Crippen LogP contribution in [0.4, 0.5) is 40.7 Å². The number of nitrogens with one attached hydrogen (secondary N) is 2. The van der Waals surface area contributed by atoms with Gasteiger partial charge in [-0.15, -0.1) is 5.11 Å². The highest BCUT2D eigenvalue weighted by Gasteiger charge is 2.36. The number of ether oxygens (including phenoxy) is 2. The van der Waals surface area contributed by atoms with E-state index in [2.05, 4.69) is 35.8 Å². The maximum Gasteiger partial charge on any atom is 0.416 e. The van der Waals surface area contributed by atoms with E-state index in [0.717, 1.165) is 12.3 Å². The monoisotopic (exact) mass is 546 g/mol. The summed E-state index contributed by atoms with van der Waals surface area (Å²) in [4.78, 5) is 14.1. The Morgan fingerprint density at radius 3 is 2.59 bits per heavy atom. The van der Waals surface area contributed by atoms with E-state index in [1.54, 1.807) is 23.1 Å². The van der Waals surface area contributed by atoms with E-state index >= 15 is 0 Å². The third kappa shape index (κ3) is 6.82. The van der Waals surface area contributed by atoms with Crippen molar-refractivity contribution in [1.29, 1.82) is 0 Å². The molecule has 14 heteroatoms. The largest absolute Gasteiger partial charge is 0.416 e. The lowest BCUT2D eigenvalue weighted by molar-refractivity contribution is -0.139. The van der Waals surface area contributed by atoms with Crippen molar-refractivity contribution in [3.05, 3.63) is 65.4 Å². The Labute approximate surface area is 221 Å². The van der Waals surface area contributed by atoms with Gasteiger partial charge in [0, 0.05) is 31.9 Å². The Balaban J connectivity index is 1.22. The van der Waals surface area contributed by atoms with E-state index in [-0.39, 0.29) is 29.6 Å². The average Bonchev–Trinajstić information content (AvgIpc) is 2.95. The van der Waals surface area contributed by atoms with Crippen LogP contribution in [0.1, 0.15) is 22.9 Å². The first-order valence-corrected chi connectivity index (χ1v) is 12.3. The maximum atomic E-state index is 14.2. The first-order chi connectivity index (χ1) is 18.9. The van der Waals surface area contributed by atoms with E-state index in [1.807, 2.05) is 0 Å². The zero-order chi connectivity index (χ0) is 27.2. The summed E-state index contributed by atoms with van der Waals surface area (Å²) in [7, 11) is 0. The highest BCUT2D eigenvalue weighted by molar-refractivity contribution is 5.61. The fourth-order valence-corrected chi connectivity index (χ4v) is 4.25. The number of nitrogens with zero attached hydrogens (tertiary/aromatic N) is 6. The van der Waals surface area contributed by atoms with Crippen LogP contribution < -0.4 is 15.5 Å². The van der Waals surface area contributed by atoms with Gasteiger partial charge in [-0.1, -0.05) is 6.07 Å². The third-order valence-electron chi connectivity index (χ3n) is 6.16. The van der Waals surface area contributed by atoms with Crippen LogP contribution in [0.3, 0.4) is 0 Å². The molecule has 0 spiro atoms. The van der Waals surface area contributed by atoms with E-state index in [1.165, 1.54) is 12.3 Å². The number of morpholine rings is 2. The number of azo groups is 1. The minimum atomic E-state index is -4.53. The third-order valence-corrected chi connectivity index (χ3v) is 6.16. The van der Waals surface area contributed by atoms with Crippen LogP contribution in [-0.4, -0.2) is 61.0 Å². The summed E-state index contributed by atoms with van der Waals surface area (Å²) in [5.74, 6) is -0.369. The molecule has 1 aromatic carbocycles. The Morgan fingerprint density at radius 1 is 1.05 bits per heavy atom. The van der Waals surface area contributed by atoms with Crippen LogP contribution in [0.25, 0.3) is 0 Å². The highest BCUT2D eigenvalue weighted by Crippen LogP contribution is 2.38. The highest BCUT2D eigenvalue weighted by atomic mass is 19.4. The number of hydrogen-bond donors (Lipinski definition) is 2. The van der Waals surface area contributed by atoms with Crippen LogP contribution >= 0.6 is 0 Å². The van der Waals surface area contributed by atoms with Gasteiger partial charge in [0.1, 0.15) is 6.54 Å². The Bertz CT molecular complexity index is 1290. The fraction of sp³-hybridized carbons (Fsp3) is 0.400. The molecule has 4 heterocycles. The predicted molar refractivity (Wildman–Crippen MR) is 134 cm³/mol. The zero-order valence-corrected chi connectivity index (χ0v) is 20.8. The molecule has 5 rings (SSSR count). The molecule has 2 aliphatic rings. The van der Waals surface area contributed by atoms with Crippen molar-refractivity contribution in [2.24, 2.45) is 10.2 Å². The summed E-state index contributed by atoms with van der Waals surface area (Å²) in [6.45, 7) is 3.39. The minimum absolute atomic E-state index is 0.0227. The Kier molecular flexibility index (Phi) is 8.24. The Morgan fingerprint density at radius 2 is 1.87 bits per heavy atom. The molecular formula is C25H26F4N8O2. The topological polar surface area (TPSA) is 109 Å². The van der Waals surface area contributed by atoms with Gasteiger partial charge in [0.05, 0.1) is 55.3 Å². The number of alkyl halides is 3. The van der Waals surface area contributed by atoms with Gasteiger partial charge in [0.15, 0.2) is 11.6 Å². The summed E-state index contributed by atoms with van der Waals surface area (Å²) in [6, 6.07) is 7.44.